The van der Waals surface area contributed by atoms with E-state index in [0.29, 0.717) is 19.3 Å². The smallest absolute Gasteiger partial charge is 0.306 e. The largest absolute Gasteiger partial charge is 0.462 e. The van der Waals surface area contributed by atoms with Gasteiger partial charge in [-0.25, -0.2) is 0 Å². The van der Waals surface area contributed by atoms with Crippen LogP contribution in [-0.4, -0.2) is 37.2 Å². The van der Waals surface area contributed by atoms with Gasteiger partial charge in [0.1, 0.15) is 13.2 Å². The number of unbranched alkanes of at least 4 members (excludes halogenated alkanes) is 29. The van der Waals surface area contributed by atoms with Gasteiger partial charge in [0, 0.05) is 19.3 Å². The summed E-state index contributed by atoms with van der Waals surface area (Å²) < 4.78 is 16.6. The Balaban J connectivity index is 4.15. The summed E-state index contributed by atoms with van der Waals surface area (Å²) in [7, 11) is 0. The standard InChI is InChI=1S/C44H84O6/c1-4-7-10-13-16-18-19-20-21-22-23-24-25-27-28-31-34-37-43(46)49-40-41(39-48-42(45)36-33-30-15-12-9-6-3)50-44(47)38-35-32-29-26-17-14-11-8-5-2/h41H,4-40H2,1-3H3. The quantitative estimate of drug-likeness (QED) is 0.0358. The van der Waals surface area contributed by atoms with Crippen LogP contribution < -0.4 is 0 Å². The van der Waals surface area contributed by atoms with Crippen LogP contribution in [0.4, 0.5) is 0 Å². The van der Waals surface area contributed by atoms with Gasteiger partial charge in [-0.1, -0.05) is 207 Å². The predicted molar refractivity (Wildman–Crippen MR) is 210 cm³/mol. The van der Waals surface area contributed by atoms with Crippen LogP contribution in [0.25, 0.3) is 0 Å². The second-order valence-electron chi connectivity index (χ2n) is 15.0. The van der Waals surface area contributed by atoms with Crippen LogP contribution in [0.1, 0.15) is 245 Å². The predicted octanol–water partition coefficient (Wildman–Crippen LogP) is 13.7. The molecule has 50 heavy (non-hydrogen) atoms. The van der Waals surface area contributed by atoms with Crippen molar-refractivity contribution >= 4 is 17.9 Å². The first-order chi connectivity index (χ1) is 24.5. The Morgan fingerprint density at radius 3 is 0.800 bits per heavy atom. The Bertz CT molecular complexity index is 738. The zero-order valence-corrected chi connectivity index (χ0v) is 33.7. The summed E-state index contributed by atoms with van der Waals surface area (Å²) in [5, 5.41) is 0. The highest BCUT2D eigenvalue weighted by Gasteiger charge is 2.19. The zero-order chi connectivity index (χ0) is 36.6. The van der Waals surface area contributed by atoms with Gasteiger partial charge in [-0.05, 0) is 19.3 Å². The lowest BCUT2D eigenvalue weighted by Crippen LogP contribution is -2.30. The van der Waals surface area contributed by atoms with E-state index in [1.807, 2.05) is 0 Å². The SMILES string of the molecule is CCCCCCCCCCCCCCCCCCCC(=O)OCC(COC(=O)CCCCCCCC)OC(=O)CCCCCCCCCCC. The first-order valence-corrected chi connectivity index (χ1v) is 22.0. The number of rotatable bonds is 40. The fourth-order valence-corrected chi connectivity index (χ4v) is 6.50. The molecule has 0 rings (SSSR count). The van der Waals surface area contributed by atoms with E-state index in [4.69, 9.17) is 14.2 Å². The number of hydrogen-bond acceptors (Lipinski definition) is 6. The van der Waals surface area contributed by atoms with Crippen molar-refractivity contribution in [1.82, 2.24) is 0 Å². The van der Waals surface area contributed by atoms with E-state index in [-0.39, 0.29) is 31.1 Å². The van der Waals surface area contributed by atoms with E-state index in [1.54, 1.807) is 0 Å². The van der Waals surface area contributed by atoms with Crippen LogP contribution in [0.5, 0.6) is 0 Å². The van der Waals surface area contributed by atoms with Crippen molar-refractivity contribution in [3.05, 3.63) is 0 Å². The Hall–Kier alpha value is -1.59. The molecule has 6 heteroatoms. The van der Waals surface area contributed by atoms with Gasteiger partial charge in [0.25, 0.3) is 0 Å². The van der Waals surface area contributed by atoms with Crippen LogP contribution >= 0.6 is 0 Å². The zero-order valence-electron chi connectivity index (χ0n) is 33.7. The fourth-order valence-electron chi connectivity index (χ4n) is 6.50. The third-order valence-corrected chi connectivity index (χ3v) is 9.86. The van der Waals surface area contributed by atoms with Crippen LogP contribution in [0.3, 0.4) is 0 Å². The molecule has 6 nitrogen and oxygen atoms in total. The summed E-state index contributed by atoms with van der Waals surface area (Å²) in [6.45, 7) is 6.57. The minimum Gasteiger partial charge on any atom is -0.462 e. The van der Waals surface area contributed by atoms with Gasteiger partial charge in [-0.15, -0.1) is 0 Å². The van der Waals surface area contributed by atoms with Crippen molar-refractivity contribution in [2.45, 2.75) is 252 Å². The van der Waals surface area contributed by atoms with Crippen LogP contribution in [-0.2, 0) is 28.6 Å². The first kappa shape index (κ1) is 48.4. The van der Waals surface area contributed by atoms with Crippen molar-refractivity contribution in [3.8, 4) is 0 Å². The van der Waals surface area contributed by atoms with Crippen LogP contribution in [0.2, 0.25) is 0 Å². The molecule has 0 N–H and O–H groups in total. The average Bonchev–Trinajstić information content (AvgIpc) is 3.11. The Morgan fingerprint density at radius 2 is 0.540 bits per heavy atom. The monoisotopic (exact) mass is 709 g/mol. The van der Waals surface area contributed by atoms with Gasteiger partial charge >= 0.3 is 17.9 Å². The number of hydrogen-bond donors (Lipinski definition) is 0. The normalized spacial score (nSPS) is 11.8. The van der Waals surface area contributed by atoms with Gasteiger partial charge < -0.3 is 14.2 Å². The molecule has 0 fully saturated rings. The minimum atomic E-state index is -0.755. The highest BCUT2D eigenvalue weighted by molar-refractivity contribution is 5.71. The number of esters is 3. The van der Waals surface area contributed by atoms with Gasteiger partial charge in [0.05, 0.1) is 0 Å². The summed E-state index contributed by atoms with van der Waals surface area (Å²) in [5.41, 5.74) is 0. The van der Waals surface area contributed by atoms with E-state index in [9.17, 15) is 14.4 Å². The van der Waals surface area contributed by atoms with E-state index < -0.39 is 6.10 Å². The fraction of sp³-hybridized carbons (Fsp3) is 0.932. The molecule has 0 aromatic heterocycles. The average molecular weight is 709 g/mol. The number of carbonyl (C=O) groups is 3. The van der Waals surface area contributed by atoms with E-state index in [0.717, 1.165) is 57.8 Å². The molecular formula is C44H84O6. The Labute approximate surface area is 310 Å². The van der Waals surface area contributed by atoms with Crippen molar-refractivity contribution in [2.24, 2.45) is 0 Å². The van der Waals surface area contributed by atoms with Crippen LogP contribution in [0, 0.1) is 0 Å². The van der Waals surface area contributed by atoms with Crippen molar-refractivity contribution in [3.63, 3.8) is 0 Å². The Morgan fingerprint density at radius 1 is 0.320 bits per heavy atom. The molecule has 0 saturated heterocycles. The van der Waals surface area contributed by atoms with E-state index in [1.165, 1.54) is 148 Å². The molecule has 0 spiro atoms. The van der Waals surface area contributed by atoms with Crippen molar-refractivity contribution in [1.29, 1.82) is 0 Å². The van der Waals surface area contributed by atoms with Gasteiger partial charge in [0.2, 0.25) is 0 Å². The summed E-state index contributed by atoms with van der Waals surface area (Å²) >= 11 is 0. The maximum Gasteiger partial charge on any atom is 0.306 e. The lowest BCUT2D eigenvalue weighted by molar-refractivity contribution is -0.167. The van der Waals surface area contributed by atoms with E-state index in [2.05, 4.69) is 20.8 Å². The molecule has 1 unspecified atom stereocenters. The molecule has 296 valence electrons. The second kappa shape index (κ2) is 40.2. The molecule has 0 aliphatic heterocycles. The number of ether oxygens (including phenoxy) is 3. The summed E-state index contributed by atoms with van der Waals surface area (Å²) in [6, 6.07) is 0. The van der Waals surface area contributed by atoms with Gasteiger partial charge in [-0.2, -0.15) is 0 Å². The molecule has 0 aromatic rings. The third-order valence-electron chi connectivity index (χ3n) is 9.86. The molecule has 0 aliphatic rings. The van der Waals surface area contributed by atoms with Crippen molar-refractivity contribution in [2.75, 3.05) is 13.2 Å². The molecular weight excluding hydrogens is 624 g/mol. The van der Waals surface area contributed by atoms with Gasteiger partial charge in [-0.3, -0.25) is 14.4 Å². The summed E-state index contributed by atoms with van der Waals surface area (Å²) in [5.74, 6) is -0.867. The molecule has 0 radical (unpaired) electrons. The molecule has 0 aromatic carbocycles. The van der Waals surface area contributed by atoms with Crippen molar-refractivity contribution < 1.29 is 28.6 Å². The molecule has 0 amide bonds. The maximum absolute atomic E-state index is 12.6. The molecule has 0 bridgehead atoms. The van der Waals surface area contributed by atoms with Gasteiger partial charge in [0.15, 0.2) is 6.10 Å². The second-order valence-corrected chi connectivity index (χ2v) is 15.0. The molecule has 1 atom stereocenters. The number of carbonyl (C=O) groups excluding carboxylic acids is 3. The summed E-state index contributed by atoms with van der Waals surface area (Å²) in [6.07, 6.45) is 39.7. The summed E-state index contributed by atoms with van der Waals surface area (Å²) in [4.78, 5) is 37.4. The minimum absolute atomic E-state index is 0.0639. The van der Waals surface area contributed by atoms with Crippen LogP contribution in [0.15, 0.2) is 0 Å². The highest BCUT2D eigenvalue weighted by atomic mass is 16.6. The molecule has 0 heterocycles. The highest BCUT2D eigenvalue weighted by Crippen LogP contribution is 2.16. The topological polar surface area (TPSA) is 78.9 Å². The molecule has 0 saturated carbocycles. The first-order valence-electron chi connectivity index (χ1n) is 22.0. The third kappa shape index (κ3) is 37.7. The lowest BCUT2D eigenvalue weighted by atomic mass is 10.0. The maximum atomic E-state index is 12.6. The Kier molecular flexibility index (Phi) is 38.9. The van der Waals surface area contributed by atoms with E-state index >= 15 is 0 Å². The molecule has 0 aliphatic carbocycles. The lowest BCUT2D eigenvalue weighted by Gasteiger charge is -2.18.